The molecule has 0 unspecified atom stereocenters. The van der Waals surface area contributed by atoms with Crippen molar-refractivity contribution < 1.29 is 4.42 Å². The highest BCUT2D eigenvalue weighted by Crippen LogP contribution is 2.57. The molecule has 0 N–H and O–H groups in total. The van der Waals surface area contributed by atoms with Gasteiger partial charge in [0.1, 0.15) is 10.6 Å². The first-order valence-electron chi connectivity index (χ1n) is 21.8. The third-order valence-electron chi connectivity index (χ3n) is 13.2. The van der Waals surface area contributed by atoms with Crippen molar-refractivity contribution in [1.29, 1.82) is 0 Å². The van der Waals surface area contributed by atoms with Gasteiger partial charge in [0.25, 0.3) is 0 Å². The summed E-state index contributed by atoms with van der Waals surface area (Å²) in [4.78, 5) is 7.49. The van der Waals surface area contributed by atoms with E-state index in [1.54, 1.807) is 11.3 Å². The number of rotatable bonds is 7. The van der Waals surface area contributed by atoms with Crippen LogP contribution in [-0.2, 0) is 5.41 Å². The summed E-state index contributed by atoms with van der Waals surface area (Å²) in [5, 5.41) is 5.47. The zero-order valence-corrected chi connectivity index (χ0v) is 35.5. The number of thiazole rings is 1. The van der Waals surface area contributed by atoms with Gasteiger partial charge in [-0.15, -0.1) is 11.3 Å². The molecule has 0 radical (unpaired) electrons. The van der Waals surface area contributed by atoms with Crippen molar-refractivity contribution in [2.45, 2.75) is 5.41 Å². The van der Waals surface area contributed by atoms with E-state index >= 15 is 0 Å². The van der Waals surface area contributed by atoms with Crippen LogP contribution in [0.25, 0.3) is 75.8 Å². The fourth-order valence-electron chi connectivity index (χ4n) is 10.4. The molecule has 12 aromatic rings. The second-order valence-electron chi connectivity index (χ2n) is 16.6. The van der Waals surface area contributed by atoms with Crippen molar-refractivity contribution in [3.05, 3.63) is 253 Å². The maximum Gasteiger partial charge on any atom is 0.159 e. The molecular weight excluding hydrogens is 797 g/mol. The minimum atomic E-state index is -0.547. The van der Waals surface area contributed by atoms with Crippen molar-refractivity contribution in [2.75, 3.05) is 4.90 Å². The fourth-order valence-corrected chi connectivity index (χ4v) is 11.4. The predicted octanol–water partition coefficient (Wildman–Crippen LogP) is 16.5. The molecule has 3 nitrogen and oxygen atoms in total. The van der Waals surface area contributed by atoms with Crippen LogP contribution < -0.4 is 4.90 Å². The topological polar surface area (TPSA) is 29.3 Å². The highest BCUT2D eigenvalue weighted by Gasteiger charge is 2.46. The van der Waals surface area contributed by atoms with Gasteiger partial charge in [-0.05, 0) is 104 Å². The molecule has 0 aliphatic heterocycles. The van der Waals surface area contributed by atoms with Crippen molar-refractivity contribution in [2.24, 2.45) is 0 Å². The maximum absolute atomic E-state index is 7.19. The quantitative estimate of drug-likeness (QED) is 0.160. The molecule has 0 fully saturated rings. The molecule has 1 aliphatic carbocycles. The van der Waals surface area contributed by atoms with E-state index in [2.05, 4.69) is 235 Å². The van der Waals surface area contributed by atoms with E-state index in [1.807, 2.05) is 0 Å². The summed E-state index contributed by atoms with van der Waals surface area (Å²) in [6, 6.07) is 83.4. The Morgan fingerprint density at radius 1 is 0.438 bits per heavy atom. The number of nitrogens with zero attached hydrogens (tertiary/aromatic N) is 2. The van der Waals surface area contributed by atoms with Crippen molar-refractivity contribution in [3.8, 4) is 32.8 Å². The number of hydrogen-bond acceptors (Lipinski definition) is 4. The first-order valence-corrected chi connectivity index (χ1v) is 22.6. The third-order valence-corrected chi connectivity index (χ3v) is 14.2. The Hall–Kier alpha value is -8.05. The molecular formula is C60H38N2OS. The van der Waals surface area contributed by atoms with Crippen molar-refractivity contribution >= 4 is 71.3 Å². The summed E-state index contributed by atoms with van der Waals surface area (Å²) in [5.41, 5.74) is 16.1. The van der Waals surface area contributed by atoms with Gasteiger partial charge in [0.2, 0.25) is 0 Å². The third kappa shape index (κ3) is 5.49. The zero-order chi connectivity index (χ0) is 42.2. The SMILES string of the molecule is c1ccc(-c2ccc(N(c3cccc(C4(c5ccccc5)c5ccccc5-c5ccccc54)c3)c3cccc4c3oc3cc(-c5nc6ccccc6s5)c5ccccc5c34)cc2)cc1. The molecule has 0 spiro atoms. The van der Waals surface area contributed by atoms with Crippen molar-refractivity contribution in [1.82, 2.24) is 4.98 Å². The summed E-state index contributed by atoms with van der Waals surface area (Å²) in [6.07, 6.45) is 0. The summed E-state index contributed by atoms with van der Waals surface area (Å²) < 4.78 is 8.36. The Bertz CT molecular complexity index is 3660. The van der Waals surface area contributed by atoms with E-state index < -0.39 is 5.41 Å². The lowest BCUT2D eigenvalue weighted by Gasteiger charge is -2.35. The minimum absolute atomic E-state index is 0.547. The molecule has 10 aromatic carbocycles. The molecule has 13 rings (SSSR count). The number of anilines is 3. The number of para-hydroxylation sites is 2. The van der Waals surface area contributed by atoms with Crippen molar-refractivity contribution in [3.63, 3.8) is 0 Å². The van der Waals surface area contributed by atoms with Crippen LogP contribution >= 0.6 is 11.3 Å². The molecule has 1 aliphatic rings. The predicted molar refractivity (Wildman–Crippen MR) is 267 cm³/mol. The van der Waals surface area contributed by atoms with Crippen LogP contribution in [0.1, 0.15) is 22.3 Å². The van der Waals surface area contributed by atoms with Gasteiger partial charge in [-0.2, -0.15) is 0 Å². The van der Waals surface area contributed by atoms with Crippen LogP contribution in [-0.4, -0.2) is 4.98 Å². The van der Waals surface area contributed by atoms with Gasteiger partial charge in [-0.1, -0.05) is 182 Å². The second-order valence-corrected chi connectivity index (χ2v) is 17.6. The van der Waals surface area contributed by atoms with E-state index in [-0.39, 0.29) is 0 Å². The van der Waals surface area contributed by atoms with Gasteiger partial charge in [0, 0.05) is 27.7 Å². The first kappa shape index (κ1) is 36.6. The van der Waals surface area contributed by atoms with Gasteiger partial charge in [-0.3, -0.25) is 0 Å². The lowest BCUT2D eigenvalue weighted by molar-refractivity contribution is 0.669. The number of hydrogen-bond donors (Lipinski definition) is 0. The van der Waals surface area contributed by atoms with E-state index in [4.69, 9.17) is 9.40 Å². The van der Waals surface area contributed by atoms with Crippen LogP contribution in [0.4, 0.5) is 17.1 Å². The van der Waals surface area contributed by atoms with E-state index in [1.165, 1.54) is 43.6 Å². The highest BCUT2D eigenvalue weighted by molar-refractivity contribution is 7.21. The Morgan fingerprint density at radius 3 is 1.81 bits per heavy atom. The lowest BCUT2D eigenvalue weighted by Crippen LogP contribution is -2.28. The van der Waals surface area contributed by atoms with Gasteiger partial charge >= 0.3 is 0 Å². The number of fused-ring (bicyclic) bond motifs is 9. The van der Waals surface area contributed by atoms with Gasteiger partial charge in [0.05, 0.1) is 21.3 Å². The second kappa shape index (κ2) is 14.5. The highest BCUT2D eigenvalue weighted by atomic mass is 32.1. The summed E-state index contributed by atoms with van der Waals surface area (Å²) in [6.45, 7) is 0. The molecule has 2 aromatic heterocycles. The standard InChI is InChI=1S/C60H38N2OS/c1-3-17-39(18-4-1)40-33-35-43(36-34-40)62(44-22-15-21-42(37-44)60(41-19-5-2-6-20-41)51-28-11-9-24-46(51)47-25-10-12-29-52(47)60)54-31-16-27-49-57-48-26-8-7-23-45(48)50(38-55(57)63-58(49)54)59-61-53-30-13-14-32-56(53)64-59/h1-38H. The first-order chi connectivity index (χ1) is 31.7. The molecule has 0 atom stereocenters. The Labute approximate surface area is 374 Å². The summed E-state index contributed by atoms with van der Waals surface area (Å²) >= 11 is 1.72. The van der Waals surface area contributed by atoms with Crippen LogP contribution in [0.5, 0.6) is 0 Å². The average molecular weight is 835 g/mol. The largest absolute Gasteiger partial charge is 0.454 e. The van der Waals surface area contributed by atoms with Gasteiger partial charge < -0.3 is 9.32 Å². The van der Waals surface area contributed by atoms with Gasteiger partial charge in [-0.25, -0.2) is 4.98 Å². The molecule has 0 saturated carbocycles. The fraction of sp³-hybridized carbons (Fsp3) is 0.0167. The summed E-state index contributed by atoms with van der Waals surface area (Å²) in [5.74, 6) is 0. The Morgan fingerprint density at radius 2 is 1.05 bits per heavy atom. The van der Waals surface area contributed by atoms with Crippen LogP contribution in [0, 0.1) is 0 Å². The Balaban J connectivity index is 1.06. The maximum atomic E-state index is 7.19. The molecule has 0 amide bonds. The molecule has 0 bridgehead atoms. The Kier molecular flexibility index (Phi) is 8.30. The molecule has 2 heterocycles. The molecule has 300 valence electrons. The van der Waals surface area contributed by atoms with E-state index in [0.29, 0.717) is 0 Å². The molecule has 4 heteroatoms. The van der Waals surface area contributed by atoms with E-state index in [0.717, 1.165) is 71.4 Å². The number of aromatic nitrogens is 1. The smallest absolute Gasteiger partial charge is 0.159 e. The summed E-state index contributed by atoms with van der Waals surface area (Å²) in [7, 11) is 0. The monoisotopic (exact) mass is 834 g/mol. The van der Waals surface area contributed by atoms with E-state index in [9.17, 15) is 0 Å². The number of furan rings is 1. The zero-order valence-electron chi connectivity index (χ0n) is 34.7. The van der Waals surface area contributed by atoms with Crippen LogP contribution in [0.2, 0.25) is 0 Å². The van der Waals surface area contributed by atoms with Gasteiger partial charge in [0.15, 0.2) is 5.58 Å². The minimum Gasteiger partial charge on any atom is -0.454 e. The molecule has 64 heavy (non-hydrogen) atoms. The van der Waals surface area contributed by atoms with Crippen LogP contribution in [0.3, 0.4) is 0 Å². The normalized spacial score (nSPS) is 12.8. The average Bonchev–Trinajstić information content (AvgIpc) is 4.06. The lowest BCUT2D eigenvalue weighted by atomic mass is 9.67. The number of benzene rings is 10. The van der Waals surface area contributed by atoms with Crippen LogP contribution in [0.15, 0.2) is 235 Å². The molecule has 0 saturated heterocycles.